The van der Waals surface area contributed by atoms with Crippen molar-refractivity contribution < 1.29 is 19.1 Å². The van der Waals surface area contributed by atoms with E-state index in [9.17, 15) is 10.1 Å². The summed E-state index contributed by atoms with van der Waals surface area (Å²) in [5.74, 6) is 0.00304. The Morgan fingerprint density at radius 1 is 1.39 bits per heavy atom. The SMILES string of the molecule is COCC(COC)Oc1ccc([N+](=O)[O-])c(N)n1. The van der Waals surface area contributed by atoms with E-state index in [0.717, 1.165) is 0 Å². The Labute approximate surface area is 104 Å². The third-order valence-electron chi connectivity index (χ3n) is 2.07. The largest absolute Gasteiger partial charge is 0.469 e. The molecular weight excluding hydrogens is 242 g/mol. The molecule has 18 heavy (non-hydrogen) atoms. The summed E-state index contributed by atoms with van der Waals surface area (Å²) in [6.07, 6.45) is -0.353. The van der Waals surface area contributed by atoms with Gasteiger partial charge in [-0.3, -0.25) is 10.1 Å². The van der Waals surface area contributed by atoms with Crippen LogP contribution in [0, 0.1) is 10.1 Å². The molecule has 1 aromatic heterocycles. The van der Waals surface area contributed by atoms with Crippen molar-refractivity contribution in [2.45, 2.75) is 6.10 Å². The average Bonchev–Trinajstić information content (AvgIpc) is 2.29. The van der Waals surface area contributed by atoms with Crippen molar-refractivity contribution in [2.24, 2.45) is 0 Å². The Kier molecular flexibility index (Phi) is 5.28. The highest BCUT2D eigenvalue weighted by atomic mass is 16.6. The lowest BCUT2D eigenvalue weighted by molar-refractivity contribution is -0.384. The fourth-order valence-corrected chi connectivity index (χ4v) is 1.33. The zero-order valence-corrected chi connectivity index (χ0v) is 10.2. The molecule has 0 fully saturated rings. The second-order valence-corrected chi connectivity index (χ2v) is 3.46. The number of nitrogens with zero attached hydrogens (tertiary/aromatic N) is 2. The third kappa shape index (κ3) is 3.82. The van der Waals surface area contributed by atoms with Gasteiger partial charge >= 0.3 is 5.69 Å². The van der Waals surface area contributed by atoms with E-state index >= 15 is 0 Å². The molecule has 1 aromatic rings. The molecule has 0 aliphatic carbocycles. The summed E-state index contributed by atoms with van der Waals surface area (Å²) >= 11 is 0. The molecular formula is C10H15N3O5. The molecule has 0 unspecified atom stereocenters. The van der Waals surface area contributed by atoms with Crippen LogP contribution in [0.1, 0.15) is 0 Å². The Balaban J connectivity index is 2.77. The first-order valence-electron chi connectivity index (χ1n) is 5.14. The number of rotatable bonds is 7. The van der Waals surface area contributed by atoms with Crippen LogP contribution in [0.25, 0.3) is 0 Å². The maximum absolute atomic E-state index is 10.6. The van der Waals surface area contributed by atoms with Gasteiger partial charge in [-0.25, -0.2) is 0 Å². The zero-order valence-electron chi connectivity index (χ0n) is 10.2. The van der Waals surface area contributed by atoms with E-state index in [0.29, 0.717) is 13.2 Å². The minimum absolute atomic E-state index is 0.189. The number of nitrogen functional groups attached to an aromatic ring is 1. The van der Waals surface area contributed by atoms with Gasteiger partial charge in [-0.2, -0.15) is 4.98 Å². The Morgan fingerprint density at radius 2 is 2.00 bits per heavy atom. The van der Waals surface area contributed by atoms with Crippen LogP contribution in [-0.2, 0) is 9.47 Å². The van der Waals surface area contributed by atoms with Gasteiger partial charge in [-0.1, -0.05) is 0 Å². The Hall–Kier alpha value is -1.93. The average molecular weight is 257 g/mol. The smallest absolute Gasteiger partial charge is 0.311 e. The molecule has 1 heterocycles. The predicted molar refractivity (Wildman–Crippen MR) is 63.5 cm³/mol. The van der Waals surface area contributed by atoms with Crippen LogP contribution in [0.15, 0.2) is 12.1 Å². The Morgan fingerprint density at radius 3 is 2.44 bits per heavy atom. The summed E-state index contributed by atoms with van der Waals surface area (Å²) in [6.45, 7) is 0.624. The van der Waals surface area contributed by atoms with E-state index in [1.54, 1.807) is 0 Å². The molecule has 8 heteroatoms. The number of ether oxygens (including phenoxy) is 3. The molecule has 0 saturated carbocycles. The standard InChI is InChI=1S/C10H15N3O5/c1-16-5-7(6-17-2)18-9-4-3-8(13(14)15)10(11)12-9/h3-4,7H,5-6H2,1-2H3,(H2,11,12). The molecule has 0 aromatic carbocycles. The van der Waals surface area contributed by atoms with Gasteiger partial charge in [-0.15, -0.1) is 0 Å². The minimum atomic E-state index is -0.603. The van der Waals surface area contributed by atoms with Crippen molar-refractivity contribution in [3.8, 4) is 5.88 Å². The van der Waals surface area contributed by atoms with Crippen molar-refractivity contribution in [3.63, 3.8) is 0 Å². The van der Waals surface area contributed by atoms with Crippen molar-refractivity contribution in [3.05, 3.63) is 22.2 Å². The van der Waals surface area contributed by atoms with Gasteiger partial charge < -0.3 is 19.9 Å². The van der Waals surface area contributed by atoms with Crippen molar-refractivity contribution in [1.82, 2.24) is 4.98 Å². The van der Waals surface area contributed by atoms with Gasteiger partial charge in [0, 0.05) is 26.4 Å². The fourth-order valence-electron chi connectivity index (χ4n) is 1.33. The number of nitro groups is 1. The number of pyridine rings is 1. The highest BCUT2D eigenvalue weighted by Crippen LogP contribution is 2.22. The van der Waals surface area contributed by atoms with E-state index in [2.05, 4.69) is 4.98 Å². The van der Waals surface area contributed by atoms with Crippen LogP contribution >= 0.6 is 0 Å². The fraction of sp³-hybridized carbons (Fsp3) is 0.500. The third-order valence-corrected chi connectivity index (χ3v) is 2.07. The molecule has 0 aliphatic heterocycles. The second kappa shape index (κ2) is 6.72. The maximum atomic E-state index is 10.6. The van der Waals surface area contributed by atoms with Crippen LogP contribution in [0.4, 0.5) is 11.5 Å². The molecule has 0 aliphatic rings. The topological polar surface area (TPSA) is 110 Å². The Bertz CT molecular complexity index is 406. The molecule has 0 saturated heterocycles. The van der Waals surface area contributed by atoms with Crippen LogP contribution in [0.2, 0.25) is 0 Å². The molecule has 8 nitrogen and oxygen atoms in total. The number of methoxy groups -OCH3 is 2. The van der Waals surface area contributed by atoms with E-state index in [4.69, 9.17) is 19.9 Å². The molecule has 0 spiro atoms. The zero-order chi connectivity index (χ0) is 13.5. The van der Waals surface area contributed by atoms with Crippen LogP contribution in [0.5, 0.6) is 5.88 Å². The summed E-state index contributed by atoms with van der Waals surface area (Å²) < 4.78 is 15.3. The number of nitrogens with two attached hydrogens (primary N) is 1. The normalized spacial score (nSPS) is 10.6. The van der Waals surface area contributed by atoms with Gasteiger partial charge in [0.25, 0.3) is 0 Å². The van der Waals surface area contributed by atoms with Gasteiger partial charge in [0.1, 0.15) is 6.10 Å². The lowest BCUT2D eigenvalue weighted by atomic mass is 10.3. The van der Waals surface area contributed by atoms with Gasteiger partial charge in [0.2, 0.25) is 11.7 Å². The van der Waals surface area contributed by atoms with Gasteiger partial charge in [-0.05, 0) is 0 Å². The highest BCUT2D eigenvalue weighted by molar-refractivity contribution is 5.53. The highest BCUT2D eigenvalue weighted by Gasteiger charge is 2.16. The van der Waals surface area contributed by atoms with Crippen LogP contribution in [-0.4, -0.2) is 43.4 Å². The van der Waals surface area contributed by atoms with E-state index in [1.165, 1.54) is 26.4 Å². The monoisotopic (exact) mass is 257 g/mol. The minimum Gasteiger partial charge on any atom is -0.469 e. The summed E-state index contributed by atoms with van der Waals surface area (Å²) in [5, 5.41) is 10.6. The lowest BCUT2D eigenvalue weighted by Crippen LogP contribution is -2.28. The molecule has 2 N–H and O–H groups in total. The molecule has 1 rings (SSSR count). The lowest BCUT2D eigenvalue weighted by Gasteiger charge is -2.16. The van der Waals surface area contributed by atoms with E-state index < -0.39 is 4.92 Å². The first-order chi connectivity index (χ1) is 8.58. The number of aromatic nitrogens is 1. The van der Waals surface area contributed by atoms with Gasteiger partial charge in [0.15, 0.2) is 0 Å². The van der Waals surface area contributed by atoms with Gasteiger partial charge in [0.05, 0.1) is 18.1 Å². The van der Waals surface area contributed by atoms with Crippen molar-refractivity contribution in [1.29, 1.82) is 0 Å². The first kappa shape index (κ1) is 14.1. The molecule has 0 amide bonds. The maximum Gasteiger partial charge on any atom is 0.311 e. The second-order valence-electron chi connectivity index (χ2n) is 3.46. The van der Waals surface area contributed by atoms with Crippen LogP contribution < -0.4 is 10.5 Å². The van der Waals surface area contributed by atoms with Crippen molar-refractivity contribution >= 4 is 11.5 Å². The van der Waals surface area contributed by atoms with E-state index in [-0.39, 0.29) is 23.5 Å². The number of anilines is 1. The summed E-state index contributed by atoms with van der Waals surface area (Å²) in [7, 11) is 3.06. The summed E-state index contributed by atoms with van der Waals surface area (Å²) in [5.41, 5.74) is 5.20. The quantitative estimate of drug-likeness (QED) is 0.562. The summed E-state index contributed by atoms with van der Waals surface area (Å²) in [4.78, 5) is 13.8. The first-order valence-corrected chi connectivity index (χ1v) is 5.14. The molecule has 100 valence electrons. The number of hydrogen-bond acceptors (Lipinski definition) is 7. The summed E-state index contributed by atoms with van der Waals surface area (Å²) in [6, 6.07) is 2.63. The van der Waals surface area contributed by atoms with Crippen LogP contribution in [0.3, 0.4) is 0 Å². The molecule has 0 bridgehead atoms. The predicted octanol–water partition coefficient (Wildman–Crippen LogP) is 0.612. The molecule has 0 atom stereocenters. The van der Waals surface area contributed by atoms with Crippen molar-refractivity contribution in [2.75, 3.05) is 33.2 Å². The van der Waals surface area contributed by atoms with E-state index in [1.807, 2.05) is 0 Å². The molecule has 0 radical (unpaired) electrons. The number of hydrogen-bond donors (Lipinski definition) is 1.